The Labute approximate surface area is 144 Å². The maximum atomic E-state index is 12.1. The first-order chi connectivity index (χ1) is 11.7. The summed E-state index contributed by atoms with van der Waals surface area (Å²) in [4.78, 5) is 16.5. The van der Waals surface area contributed by atoms with Crippen molar-refractivity contribution in [1.29, 1.82) is 0 Å². The summed E-state index contributed by atoms with van der Waals surface area (Å²) in [5, 5.41) is 0. The maximum Gasteiger partial charge on any atom is 0.409 e. The lowest BCUT2D eigenvalue weighted by Gasteiger charge is -2.39. The number of ether oxygens (including phenoxy) is 1. The van der Waals surface area contributed by atoms with Gasteiger partial charge in [-0.25, -0.2) is 4.79 Å². The normalized spacial score (nSPS) is 25.0. The van der Waals surface area contributed by atoms with Gasteiger partial charge in [0.15, 0.2) is 0 Å². The summed E-state index contributed by atoms with van der Waals surface area (Å²) in [5.74, 6) is 0.896. The molecule has 0 aromatic carbocycles. The molecule has 3 heterocycles. The zero-order valence-corrected chi connectivity index (χ0v) is 14.6. The smallest absolute Gasteiger partial charge is 0.409 e. The first-order valence-electron chi connectivity index (χ1n) is 9.05. The molecule has 2 aliphatic heterocycles. The molecule has 3 rings (SSSR count). The van der Waals surface area contributed by atoms with Crippen LogP contribution in [0.3, 0.4) is 0 Å². The highest BCUT2D eigenvalue weighted by Crippen LogP contribution is 2.39. The SMILES string of the molecule is CCCOC(=O)N1CCC2(CCCN(CC=Cc3ccco3)C2)C1. The van der Waals surface area contributed by atoms with Gasteiger partial charge < -0.3 is 14.1 Å². The number of amides is 1. The third-order valence-electron chi connectivity index (χ3n) is 5.06. The number of piperidine rings is 1. The molecule has 5 nitrogen and oxygen atoms in total. The summed E-state index contributed by atoms with van der Waals surface area (Å²) in [6, 6.07) is 3.87. The molecule has 1 aromatic heterocycles. The molecule has 24 heavy (non-hydrogen) atoms. The number of hydrogen-bond donors (Lipinski definition) is 0. The van der Waals surface area contributed by atoms with Gasteiger partial charge in [-0.1, -0.05) is 13.0 Å². The lowest BCUT2D eigenvalue weighted by Crippen LogP contribution is -2.45. The fourth-order valence-electron chi connectivity index (χ4n) is 3.87. The number of carbonyl (C=O) groups excluding carboxylic acids is 1. The molecule has 2 fully saturated rings. The van der Waals surface area contributed by atoms with E-state index in [9.17, 15) is 4.79 Å². The average Bonchev–Trinajstić information content (AvgIpc) is 3.23. The molecule has 0 N–H and O–H groups in total. The van der Waals surface area contributed by atoms with Crippen LogP contribution in [0.15, 0.2) is 28.9 Å². The van der Waals surface area contributed by atoms with Gasteiger partial charge in [0, 0.05) is 31.6 Å². The maximum absolute atomic E-state index is 12.1. The largest absolute Gasteiger partial charge is 0.465 e. The number of likely N-dealkylation sites (tertiary alicyclic amines) is 2. The van der Waals surface area contributed by atoms with Crippen molar-refractivity contribution in [3.05, 3.63) is 30.2 Å². The van der Waals surface area contributed by atoms with Gasteiger partial charge in [0.25, 0.3) is 0 Å². The Kier molecular flexibility index (Phi) is 5.61. The van der Waals surface area contributed by atoms with Crippen LogP contribution in [0.4, 0.5) is 4.79 Å². The lowest BCUT2D eigenvalue weighted by molar-refractivity contribution is 0.0845. The van der Waals surface area contributed by atoms with Crippen molar-refractivity contribution in [2.45, 2.75) is 32.6 Å². The van der Waals surface area contributed by atoms with Gasteiger partial charge in [0.2, 0.25) is 0 Å². The van der Waals surface area contributed by atoms with E-state index in [4.69, 9.17) is 9.15 Å². The van der Waals surface area contributed by atoms with Gasteiger partial charge in [0.1, 0.15) is 5.76 Å². The van der Waals surface area contributed by atoms with Crippen LogP contribution in [-0.4, -0.2) is 55.2 Å². The van der Waals surface area contributed by atoms with Crippen molar-refractivity contribution >= 4 is 12.2 Å². The standard InChI is InChI=1S/C19H28N2O3/c1-2-13-24-18(22)21-12-9-19(16-21)8-5-11-20(15-19)10-3-6-17-7-4-14-23-17/h3-4,6-7,14H,2,5,8-13,15-16H2,1H3. The Morgan fingerprint density at radius 2 is 2.29 bits per heavy atom. The minimum Gasteiger partial charge on any atom is -0.465 e. The van der Waals surface area contributed by atoms with Gasteiger partial charge in [-0.05, 0) is 50.4 Å². The second-order valence-corrected chi connectivity index (χ2v) is 7.04. The summed E-state index contributed by atoms with van der Waals surface area (Å²) in [6.07, 6.45) is 10.1. The molecule has 2 aliphatic rings. The first-order valence-corrected chi connectivity index (χ1v) is 9.05. The molecular weight excluding hydrogens is 304 g/mol. The fraction of sp³-hybridized carbons (Fsp3) is 0.632. The Hall–Kier alpha value is -1.75. The summed E-state index contributed by atoms with van der Waals surface area (Å²) >= 11 is 0. The van der Waals surface area contributed by atoms with Gasteiger partial charge in [-0.2, -0.15) is 0 Å². The third kappa shape index (κ3) is 4.20. The number of furan rings is 1. The van der Waals surface area contributed by atoms with Crippen LogP contribution in [0.5, 0.6) is 0 Å². The van der Waals surface area contributed by atoms with Crippen LogP contribution in [0.2, 0.25) is 0 Å². The van der Waals surface area contributed by atoms with Crippen molar-refractivity contribution in [3.8, 4) is 0 Å². The number of hydrogen-bond acceptors (Lipinski definition) is 4. The van der Waals surface area contributed by atoms with Crippen LogP contribution < -0.4 is 0 Å². The molecule has 1 aromatic rings. The van der Waals surface area contributed by atoms with Gasteiger partial charge in [-0.3, -0.25) is 4.90 Å². The Bertz CT molecular complexity index is 555. The van der Waals surface area contributed by atoms with Crippen LogP contribution in [0.1, 0.15) is 38.4 Å². The molecule has 1 amide bonds. The summed E-state index contributed by atoms with van der Waals surface area (Å²) in [7, 11) is 0. The average molecular weight is 332 g/mol. The molecule has 0 radical (unpaired) electrons. The van der Waals surface area contributed by atoms with Crippen molar-refractivity contribution in [1.82, 2.24) is 9.80 Å². The molecule has 5 heteroatoms. The summed E-state index contributed by atoms with van der Waals surface area (Å²) in [5.41, 5.74) is 0.252. The van der Waals surface area contributed by atoms with E-state index >= 15 is 0 Å². The zero-order chi connectivity index (χ0) is 16.8. The minimum atomic E-state index is -0.136. The Morgan fingerprint density at radius 3 is 3.08 bits per heavy atom. The number of rotatable bonds is 5. The predicted molar refractivity (Wildman–Crippen MR) is 93.7 cm³/mol. The van der Waals surface area contributed by atoms with Crippen molar-refractivity contribution < 1.29 is 13.9 Å². The van der Waals surface area contributed by atoms with E-state index in [1.54, 1.807) is 6.26 Å². The molecule has 1 spiro atoms. The predicted octanol–water partition coefficient (Wildman–Crippen LogP) is 3.63. The first kappa shape index (κ1) is 17.1. The lowest BCUT2D eigenvalue weighted by atomic mass is 9.79. The topological polar surface area (TPSA) is 45.9 Å². The van der Waals surface area contributed by atoms with E-state index in [0.29, 0.717) is 6.61 Å². The second kappa shape index (κ2) is 7.88. The third-order valence-corrected chi connectivity index (χ3v) is 5.06. The van der Waals surface area contributed by atoms with Gasteiger partial charge in [0.05, 0.1) is 12.9 Å². The molecule has 0 saturated carbocycles. The van der Waals surface area contributed by atoms with E-state index in [1.165, 1.54) is 12.8 Å². The van der Waals surface area contributed by atoms with Crippen LogP contribution in [0, 0.1) is 5.41 Å². The highest BCUT2D eigenvalue weighted by atomic mass is 16.6. The van der Waals surface area contributed by atoms with Crippen molar-refractivity contribution in [2.24, 2.45) is 5.41 Å². The monoisotopic (exact) mass is 332 g/mol. The van der Waals surface area contributed by atoms with E-state index < -0.39 is 0 Å². The van der Waals surface area contributed by atoms with E-state index in [0.717, 1.165) is 51.3 Å². The summed E-state index contributed by atoms with van der Waals surface area (Å²) < 4.78 is 10.6. The van der Waals surface area contributed by atoms with Gasteiger partial charge >= 0.3 is 6.09 Å². The molecule has 2 saturated heterocycles. The summed E-state index contributed by atoms with van der Waals surface area (Å²) in [6.45, 7) is 7.34. The van der Waals surface area contributed by atoms with Crippen molar-refractivity contribution in [2.75, 3.05) is 39.3 Å². The second-order valence-electron chi connectivity index (χ2n) is 7.04. The van der Waals surface area contributed by atoms with Crippen LogP contribution in [-0.2, 0) is 4.74 Å². The van der Waals surface area contributed by atoms with E-state index in [2.05, 4.69) is 11.0 Å². The fourth-order valence-corrected chi connectivity index (χ4v) is 3.87. The number of carbonyl (C=O) groups is 1. The highest BCUT2D eigenvalue weighted by Gasteiger charge is 2.42. The highest BCUT2D eigenvalue weighted by molar-refractivity contribution is 5.68. The Balaban J connectivity index is 1.50. The molecule has 132 valence electrons. The Morgan fingerprint density at radius 1 is 1.38 bits per heavy atom. The van der Waals surface area contributed by atoms with E-state index in [1.807, 2.05) is 30.0 Å². The van der Waals surface area contributed by atoms with E-state index in [-0.39, 0.29) is 11.5 Å². The zero-order valence-electron chi connectivity index (χ0n) is 14.6. The molecular formula is C19H28N2O3. The molecule has 0 bridgehead atoms. The number of nitrogens with zero attached hydrogens (tertiary/aromatic N) is 2. The molecule has 1 atom stereocenters. The van der Waals surface area contributed by atoms with Crippen LogP contribution in [0.25, 0.3) is 6.08 Å². The van der Waals surface area contributed by atoms with Crippen molar-refractivity contribution in [3.63, 3.8) is 0 Å². The quantitative estimate of drug-likeness (QED) is 0.826. The molecule has 1 unspecified atom stereocenters. The van der Waals surface area contributed by atoms with Crippen LogP contribution >= 0.6 is 0 Å². The molecule has 0 aliphatic carbocycles. The minimum absolute atomic E-state index is 0.136. The van der Waals surface area contributed by atoms with Gasteiger partial charge in [-0.15, -0.1) is 0 Å².